The lowest BCUT2D eigenvalue weighted by molar-refractivity contribution is 0.261. The average molecular weight is 329 g/mol. The summed E-state index contributed by atoms with van der Waals surface area (Å²) in [6, 6.07) is 15.1. The number of sulfonamides is 1. The Balaban J connectivity index is 2.41. The number of benzene rings is 2. The van der Waals surface area contributed by atoms with E-state index in [4.69, 9.17) is 4.74 Å². The Bertz CT molecular complexity index is 805. The molecular formula is C18H19NO3S. The first-order valence-electron chi connectivity index (χ1n) is 7.06. The highest BCUT2D eigenvalue weighted by atomic mass is 32.2. The van der Waals surface area contributed by atoms with E-state index in [1.54, 1.807) is 24.3 Å². The maximum absolute atomic E-state index is 12.6. The summed E-state index contributed by atoms with van der Waals surface area (Å²) in [5.74, 6) is 0.312. The van der Waals surface area contributed by atoms with Crippen molar-refractivity contribution in [3.05, 3.63) is 83.8 Å². The maximum atomic E-state index is 12.6. The lowest BCUT2D eigenvalue weighted by Crippen LogP contribution is -2.30. The molecule has 1 N–H and O–H groups in total. The first-order valence-corrected chi connectivity index (χ1v) is 8.54. The number of methoxy groups -OCH3 is 1. The van der Waals surface area contributed by atoms with Crippen LogP contribution in [0.2, 0.25) is 0 Å². The van der Waals surface area contributed by atoms with Crippen molar-refractivity contribution >= 4 is 10.0 Å². The maximum Gasteiger partial charge on any atom is 0.241 e. The zero-order valence-corrected chi connectivity index (χ0v) is 13.9. The van der Waals surface area contributed by atoms with Crippen molar-refractivity contribution in [1.82, 2.24) is 4.72 Å². The number of hydrogen-bond donors (Lipinski definition) is 1. The van der Waals surface area contributed by atoms with E-state index >= 15 is 0 Å². The molecule has 0 amide bonds. The normalized spacial score (nSPS) is 12.3. The minimum absolute atomic E-state index is 0.198. The molecule has 0 heterocycles. The lowest BCUT2D eigenvalue weighted by atomic mass is 10.1. The SMILES string of the molecule is C=C=C(OC)C(NS(=O)(=O)c1ccc(C)cc1)c1ccccc1. The zero-order chi connectivity index (χ0) is 16.9. The van der Waals surface area contributed by atoms with E-state index in [9.17, 15) is 8.42 Å². The molecule has 0 saturated heterocycles. The van der Waals surface area contributed by atoms with Gasteiger partial charge in [0.05, 0.1) is 12.0 Å². The van der Waals surface area contributed by atoms with Crippen molar-refractivity contribution in [3.63, 3.8) is 0 Å². The largest absolute Gasteiger partial charge is 0.491 e. The number of ether oxygens (including phenoxy) is 1. The molecule has 2 rings (SSSR count). The second-order valence-electron chi connectivity index (χ2n) is 5.02. The van der Waals surface area contributed by atoms with Gasteiger partial charge < -0.3 is 4.74 Å². The van der Waals surface area contributed by atoms with E-state index in [1.807, 2.05) is 37.3 Å². The number of hydrogen-bond acceptors (Lipinski definition) is 3. The van der Waals surface area contributed by atoms with Gasteiger partial charge in [0.25, 0.3) is 0 Å². The van der Waals surface area contributed by atoms with Gasteiger partial charge in [-0.25, -0.2) is 8.42 Å². The van der Waals surface area contributed by atoms with Crippen molar-refractivity contribution in [2.45, 2.75) is 17.9 Å². The molecule has 0 aliphatic heterocycles. The molecule has 4 nitrogen and oxygen atoms in total. The van der Waals surface area contributed by atoms with Crippen molar-refractivity contribution < 1.29 is 13.2 Å². The molecule has 0 aliphatic carbocycles. The van der Waals surface area contributed by atoms with Gasteiger partial charge in [-0.3, -0.25) is 0 Å². The van der Waals surface area contributed by atoms with Gasteiger partial charge in [-0.15, -0.1) is 0 Å². The molecule has 0 bridgehead atoms. The van der Waals surface area contributed by atoms with Gasteiger partial charge >= 0.3 is 0 Å². The molecule has 2 aromatic carbocycles. The molecule has 2 aromatic rings. The zero-order valence-electron chi connectivity index (χ0n) is 13.1. The van der Waals surface area contributed by atoms with E-state index in [0.29, 0.717) is 5.76 Å². The van der Waals surface area contributed by atoms with E-state index in [1.165, 1.54) is 7.11 Å². The fraction of sp³-hybridized carbons (Fsp3) is 0.167. The highest BCUT2D eigenvalue weighted by molar-refractivity contribution is 7.89. The van der Waals surface area contributed by atoms with Crippen molar-refractivity contribution in [1.29, 1.82) is 0 Å². The molecule has 5 heteroatoms. The summed E-state index contributed by atoms with van der Waals surface area (Å²) in [5.41, 5.74) is 4.39. The molecule has 0 aliphatic rings. The number of nitrogens with one attached hydrogen (secondary N) is 1. The second kappa shape index (κ2) is 7.29. The van der Waals surface area contributed by atoms with Crippen LogP contribution in [-0.2, 0) is 14.8 Å². The highest BCUT2D eigenvalue weighted by Gasteiger charge is 2.25. The molecule has 120 valence electrons. The molecule has 0 fully saturated rings. The minimum atomic E-state index is -3.71. The minimum Gasteiger partial charge on any atom is -0.491 e. The van der Waals surface area contributed by atoms with Gasteiger partial charge in [-0.05, 0) is 24.6 Å². The van der Waals surface area contributed by atoms with E-state index in [2.05, 4.69) is 17.0 Å². The van der Waals surface area contributed by atoms with E-state index < -0.39 is 16.1 Å². The Morgan fingerprint density at radius 1 is 1.13 bits per heavy atom. The summed E-state index contributed by atoms with van der Waals surface area (Å²) in [6.07, 6.45) is 0. The van der Waals surface area contributed by atoms with Crippen molar-refractivity contribution in [2.75, 3.05) is 7.11 Å². The summed E-state index contributed by atoms with van der Waals surface area (Å²) < 4.78 is 33.2. The Morgan fingerprint density at radius 2 is 1.74 bits per heavy atom. The summed E-state index contributed by atoms with van der Waals surface area (Å²) in [4.78, 5) is 0.198. The van der Waals surface area contributed by atoms with Crippen LogP contribution in [0.4, 0.5) is 0 Å². The summed E-state index contributed by atoms with van der Waals surface area (Å²) >= 11 is 0. The van der Waals surface area contributed by atoms with Gasteiger partial charge in [-0.2, -0.15) is 4.72 Å². The van der Waals surface area contributed by atoms with Gasteiger partial charge in [0.15, 0.2) is 5.76 Å². The Morgan fingerprint density at radius 3 is 2.26 bits per heavy atom. The van der Waals surface area contributed by atoms with Crippen LogP contribution < -0.4 is 4.72 Å². The van der Waals surface area contributed by atoms with Crippen LogP contribution in [0, 0.1) is 6.92 Å². The lowest BCUT2D eigenvalue weighted by Gasteiger charge is -2.20. The molecule has 0 spiro atoms. The average Bonchev–Trinajstić information content (AvgIpc) is 2.56. The smallest absolute Gasteiger partial charge is 0.241 e. The first kappa shape index (κ1) is 17.0. The fourth-order valence-electron chi connectivity index (χ4n) is 2.15. The number of aryl methyl sites for hydroxylation is 1. The molecule has 0 aromatic heterocycles. The van der Waals surface area contributed by atoms with Crippen LogP contribution >= 0.6 is 0 Å². The fourth-order valence-corrected chi connectivity index (χ4v) is 3.34. The molecule has 23 heavy (non-hydrogen) atoms. The monoisotopic (exact) mass is 329 g/mol. The second-order valence-corrected chi connectivity index (χ2v) is 6.74. The van der Waals surface area contributed by atoms with Crippen LogP contribution in [0.1, 0.15) is 17.2 Å². The van der Waals surface area contributed by atoms with Gasteiger partial charge in [-0.1, -0.05) is 60.3 Å². The molecule has 1 atom stereocenters. The molecule has 0 radical (unpaired) electrons. The van der Waals surface area contributed by atoms with Crippen LogP contribution in [0.3, 0.4) is 0 Å². The predicted octanol–water partition coefficient (Wildman–Crippen LogP) is 3.33. The van der Waals surface area contributed by atoms with Crippen LogP contribution in [0.5, 0.6) is 0 Å². The number of rotatable bonds is 6. The summed E-state index contributed by atoms with van der Waals surface area (Å²) in [7, 11) is -2.25. The topological polar surface area (TPSA) is 55.4 Å². The Labute approximate surface area is 137 Å². The third-order valence-electron chi connectivity index (χ3n) is 3.39. The third-order valence-corrected chi connectivity index (χ3v) is 4.83. The van der Waals surface area contributed by atoms with Gasteiger partial charge in [0.1, 0.15) is 6.04 Å². The highest BCUT2D eigenvalue weighted by Crippen LogP contribution is 2.24. The molecule has 0 saturated carbocycles. The van der Waals surface area contributed by atoms with Gasteiger partial charge in [0.2, 0.25) is 10.0 Å². The summed E-state index contributed by atoms with van der Waals surface area (Å²) in [5, 5.41) is 0. The van der Waals surface area contributed by atoms with Crippen LogP contribution in [0.15, 0.2) is 77.6 Å². The predicted molar refractivity (Wildman–Crippen MR) is 90.3 cm³/mol. The first-order chi connectivity index (χ1) is 11.0. The van der Waals surface area contributed by atoms with Gasteiger partial charge in [0, 0.05) is 0 Å². The molecular weight excluding hydrogens is 310 g/mol. The Kier molecular flexibility index (Phi) is 5.40. The van der Waals surface area contributed by atoms with Crippen molar-refractivity contribution in [2.24, 2.45) is 0 Å². The molecule has 1 unspecified atom stereocenters. The quantitative estimate of drug-likeness (QED) is 0.653. The van der Waals surface area contributed by atoms with Crippen LogP contribution in [-0.4, -0.2) is 15.5 Å². The van der Waals surface area contributed by atoms with E-state index in [-0.39, 0.29) is 4.90 Å². The standard InChI is InChI=1S/C18H19NO3S/c1-4-17(22-3)18(15-8-6-5-7-9-15)19-23(20,21)16-12-10-14(2)11-13-16/h5-13,18-19H,1H2,2-3H3. The Hall–Kier alpha value is -2.33. The van der Waals surface area contributed by atoms with Crippen molar-refractivity contribution in [3.8, 4) is 0 Å². The van der Waals surface area contributed by atoms with Crippen LogP contribution in [0.25, 0.3) is 0 Å². The van der Waals surface area contributed by atoms with E-state index in [0.717, 1.165) is 11.1 Å². The summed E-state index contributed by atoms with van der Waals surface area (Å²) in [6.45, 7) is 5.47. The third kappa shape index (κ3) is 4.11.